The highest BCUT2D eigenvalue weighted by molar-refractivity contribution is 8.15. The maximum Gasteiger partial charge on any atom is 0.242 e. The van der Waals surface area contributed by atoms with Crippen LogP contribution in [0.3, 0.4) is 0 Å². The van der Waals surface area contributed by atoms with Crippen LogP contribution in [0.1, 0.15) is 20.3 Å². The van der Waals surface area contributed by atoms with Gasteiger partial charge < -0.3 is 5.32 Å². The van der Waals surface area contributed by atoms with Crippen LogP contribution in [-0.4, -0.2) is 40.2 Å². The van der Waals surface area contributed by atoms with Crippen LogP contribution in [0.5, 0.6) is 0 Å². The largest absolute Gasteiger partial charge is 0.325 e. The monoisotopic (exact) mass is 407 g/mol. The molecule has 1 aliphatic rings. The summed E-state index contributed by atoms with van der Waals surface area (Å²) < 4.78 is 0. The third-order valence-corrected chi connectivity index (χ3v) is 5.53. The summed E-state index contributed by atoms with van der Waals surface area (Å²) in [6.07, 6.45) is 0.0271. The summed E-state index contributed by atoms with van der Waals surface area (Å²) in [5.41, 5.74) is 0.362. The average molecular weight is 409 g/mol. The minimum atomic E-state index is -0.489. The number of amidine groups is 1. The van der Waals surface area contributed by atoms with Gasteiger partial charge in [0.1, 0.15) is 5.25 Å². The normalized spacial score (nSPS) is 19.2. The van der Waals surface area contributed by atoms with Crippen LogP contribution in [0.15, 0.2) is 17.1 Å². The van der Waals surface area contributed by atoms with Crippen LogP contribution in [0.4, 0.5) is 5.69 Å². The summed E-state index contributed by atoms with van der Waals surface area (Å²) in [5, 5.41) is 3.72. The Kier molecular flexibility index (Phi) is 6.80. The van der Waals surface area contributed by atoms with Gasteiger partial charge in [0.15, 0.2) is 5.17 Å². The van der Waals surface area contributed by atoms with Gasteiger partial charge in [0.2, 0.25) is 11.8 Å². The predicted octanol–water partition coefficient (Wildman–Crippen LogP) is 4.32. The molecule has 0 saturated carbocycles. The fourth-order valence-corrected chi connectivity index (χ4v) is 4.04. The number of halogens is 3. The maximum atomic E-state index is 12.4. The first-order valence-corrected chi connectivity index (χ1v) is 9.35. The third kappa shape index (κ3) is 4.36. The molecule has 0 aliphatic carbocycles. The van der Waals surface area contributed by atoms with E-state index in [1.807, 2.05) is 13.8 Å². The Hall–Kier alpha value is -0.950. The van der Waals surface area contributed by atoms with Gasteiger partial charge in [-0.2, -0.15) is 0 Å². The molecule has 0 bridgehead atoms. The Morgan fingerprint density at radius 2 is 1.92 bits per heavy atom. The number of rotatable bonds is 5. The van der Waals surface area contributed by atoms with Crippen molar-refractivity contribution in [2.75, 3.05) is 18.4 Å². The lowest BCUT2D eigenvalue weighted by atomic mass is 10.2. The molecule has 130 valence electrons. The van der Waals surface area contributed by atoms with E-state index in [4.69, 9.17) is 34.8 Å². The lowest BCUT2D eigenvalue weighted by Gasteiger charge is -2.13. The molecule has 1 unspecified atom stereocenters. The van der Waals surface area contributed by atoms with Crippen molar-refractivity contribution < 1.29 is 9.59 Å². The van der Waals surface area contributed by atoms with Crippen molar-refractivity contribution in [2.45, 2.75) is 25.5 Å². The standard InChI is InChI=1S/C15H16Cl3N3O2S/c1-3-19-15-21(4-2)14(23)12(24-15)7-13(22)20-11-6-9(17)8(16)5-10(11)18/h5-6,12H,3-4,7H2,1-2H3,(H,20,22). The van der Waals surface area contributed by atoms with Gasteiger partial charge in [-0.25, -0.2) is 0 Å². The first-order chi connectivity index (χ1) is 11.4. The Labute approximate surface area is 159 Å². The van der Waals surface area contributed by atoms with Gasteiger partial charge in [0, 0.05) is 19.5 Å². The summed E-state index contributed by atoms with van der Waals surface area (Å²) in [6, 6.07) is 2.94. The topological polar surface area (TPSA) is 61.8 Å². The number of thioether (sulfide) groups is 1. The van der Waals surface area contributed by atoms with E-state index in [1.54, 1.807) is 4.90 Å². The van der Waals surface area contributed by atoms with Crippen molar-refractivity contribution in [3.8, 4) is 0 Å². The molecule has 1 heterocycles. The van der Waals surface area contributed by atoms with Gasteiger partial charge in [-0.1, -0.05) is 46.6 Å². The number of amides is 2. The summed E-state index contributed by atoms with van der Waals surface area (Å²) in [4.78, 5) is 30.5. The molecule has 2 rings (SSSR count). The molecule has 1 aromatic rings. The number of anilines is 1. The molecule has 24 heavy (non-hydrogen) atoms. The van der Waals surface area contributed by atoms with Gasteiger partial charge in [-0.05, 0) is 26.0 Å². The van der Waals surface area contributed by atoms with Gasteiger partial charge in [-0.15, -0.1) is 0 Å². The van der Waals surface area contributed by atoms with E-state index in [-0.39, 0.29) is 28.3 Å². The zero-order valence-electron chi connectivity index (χ0n) is 13.1. The molecule has 1 atom stereocenters. The smallest absolute Gasteiger partial charge is 0.242 e. The minimum Gasteiger partial charge on any atom is -0.325 e. The van der Waals surface area contributed by atoms with Crippen molar-refractivity contribution in [3.05, 3.63) is 27.2 Å². The van der Waals surface area contributed by atoms with Gasteiger partial charge in [0.25, 0.3) is 0 Å². The number of carbonyl (C=O) groups excluding carboxylic acids is 2. The van der Waals surface area contributed by atoms with Crippen LogP contribution in [-0.2, 0) is 9.59 Å². The number of carbonyl (C=O) groups is 2. The SMILES string of the molecule is CCN=C1SC(CC(=O)Nc2cc(Cl)c(Cl)cc2Cl)C(=O)N1CC. The highest BCUT2D eigenvalue weighted by atomic mass is 35.5. The van der Waals surface area contributed by atoms with E-state index in [2.05, 4.69) is 10.3 Å². The highest BCUT2D eigenvalue weighted by Crippen LogP contribution is 2.33. The molecule has 0 radical (unpaired) electrons. The summed E-state index contributed by atoms with van der Waals surface area (Å²) in [6.45, 7) is 4.89. The molecule has 0 spiro atoms. The molecule has 0 aromatic heterocycles. The minimum absolute atomic E-state index is 0.0271. The number of hydrogen-bond donors (Lipinski definition) is 1. The Bertz CT molecular complexity index is 697. The summed E-state index contributed by atoms with van der Waals surface area (Å²) in [5.74, 6) is -0.431. The predicted molar refractivity (Wildman–Crippen MR) is 101 cm³/mol. The van der Waals surface area contributed by atoms with Crippen molar-refractivity contribution in [1.82, 2.24) is 4.90 Å². The van der Waals surface area contributed by atoms with Gasteiger partial charge in [0.05, 0.1) is 20.8 Å². The molecule has 2 amide bonds. The zero-order valence-corrected chi connectivity index (χ0v) is 16.2. The second-order valence-electron chi connectivity index (χ2n) is 4.94. The maximum absolute atomic E-state index is 12.4. The molecule has 1 saturated heterocycles. The quantitative estimate of drug-likeness (QED) is 0.738. The van der Waals surface area contributed by atoms with Gasteiger partial charge >= 0.3 is 0 Å². The van der Waals surface area contributed by atoms with E-state index >= 15 is 0 Å². The number of aliphatic imine (C=N–C) groups is 1. The highest BCUT2D eigenvalue weighted by Gasteiger charge is 2.38. The van der Waals surface area contributed by atoms with Crippen LogP contribution in [0, 0.1) is 0 Å². The first kappa shape index (κ1) is 19.4. The van der Waals surface area contributed by atoms with Crippen LogP contribution in [0.2, 0.25) is 15.1 Å². The van der Waals surface area contributed by atoms with Crippen molar-refractivity contribution in [3.63, 3.8) is 0 Å². The first-order valence-electron chi connectivity index (χ1n) is 7.34. The molecular weight excluding hydrogens is 393 g/mol. The van der Waals surface area contributed by atoms with E-state index in [0.717, 1.165) is 0 Å². The second kappa shape index (κ2) is 8.43. The molecule has 1 N–H and O–H groups in total. The fourth-order valence-electron chi connectivity index (χ4n) is 2.18. The number of nitrogens with one attached hydrogen (secondary N) is 1. The van der Waals surface area contributed by atoms with Crippen molar-refractivity contribution in [2.24, 2.45) is 4.99 Å². The van der Waals surface area contributed by atoms with E-state index in [9.17, 15) is 9.59 Å². The Morgan fingerprint density at radius 3 is 2.54 bits per heavy atom. The number of hydrogen-bond acceptors (Lipinski definition) is 4. The molecule has 5 nitrogen and oxygen atoms in total. The second-order valence-corrected chi connectivity index (χ2v) is 7.34. The number of benzene rings is 1. The molecule has 9 heteroatoms. The summed E-state index contributed by atoms with van der Waals surface area (Å²) >= 11 is 19.1. The average Bonchev–Trinajstić information content (AvgIpc) is 2.80. The third-order valence-electron chi connectivity index (χ3n) is 3.28. The molecule has 1 aliphatic heterocycles. The lowest BCUT2D eigenvalue weighted by Crippen LogP contribution is -2.33. The van der Waals surface area contributed by atoms with Gasteiger partial charge in [-0.3, -0.25) is 19.5 Å². The van der Waals surface area contributed by atoms with Crippen molar-refractivity contribution >= 4 is 69.2 Å². The van der Waals surface area contributed by atoms with E-state index < -0.39 is 5.25 Å². The lowest BCUT2D eigenvalue weighted by molar-refractivity contribution is -0.128. The van der Waals surface area contributed by atoms with Crippen LogP contribution in [0.25, 0.3) is 0 Å². The molecule has 1 aromatic carbocycles. The zero-order chi connectivity index (χ0) is 17.9. The van der Waals surface area contributed by atoms with Crippen LogP contribution >= 0.6 is 46.6 Å². The molecule has 1 fully saturated rings. The molecular formula is C15H16Cl3N3O2S. The van der Waals surface area contributed by atoms with Crippen LogP contribution < -0.4 is 5.32 Å². The Morgan fingerprint density at radius 1 is 1.25 bits per heavy atom. The summed E-state index contributed by atoms with van der Waals surface area (Å²) in [7, 11) is 0. The van der Waals surface area contributed by atoms with Crippen molar-refractivity contribution in [1.29, 1.82) is 0 Å². The van der Waals surface area contributed by atoms with E-state index in [0.29, 0.717) is 29.0 Å². The number of nitrogens with zero attached hydrogens (tertiary/aromatic N) is 2. The fraction of sp³-hybridized carbons (Fsp3) is 0.400. The van der Waals surface area contributed by atoms with E-state index in [1.165, 1.54) is 23.9 Å². The Balaban J connectivity index is 2.06.